The van der Waals surface area contributed by atoms with Crippen LogP contribution < -0.4 is 24.6 Å². The van der Waals surface area contributed by atoms with Gasteiger partial charge in [0, 0.05) is 27.1 Å². The molecule has 0 N–H and O–H groups in total. The van der Waals surface area contributed by atoms with Crippen LogP contribution in [-0.4, -0.2) is 98.7 Å². The van der Waals surface area contributed by atoms with Gasteiger partial charge in [-0.2, -0.15) is 4.98 Å². The van der Waals surface area contributed by atoms with Crippen molar-refractivity contribution in [3.8, 4) is 17.4 Å². The SMILES string of the molecule is COc1ccc(C(OC[C@H]2O[C@@H](n3cnc4c(OCC[Si](C)(C)C)ncnc43)C[C@@H]2OP2O[C@H](C[Si](C)(c3ccccc3)c3ccccc3)[C@@H]3CCCN32)(c2ccccc2)c2ccc(OC)cc2)cc1. The lowest BCUT2D eigenvalue weighted by Gasteiger charge is -2.37. The molecule has 2 aromatic heterocycles. The summed E-state index contributed by atoms with van der Waals surface area (Å²) in [6.45, 7) is 11.2. The molecule has 5 aromatic carbocycles. The average molecular weight is 994 g/mol. The van der Waals surface area contributed by atoms with Crippen molar-refractivity contribution in [2.24, 2.45) is 0 Å². The van der Waals surface area contributed by atoms with Gasteiger partial charge in [-0.25, -0.2) is 14.6 Å². The summed E-state index contributed by atoms with van der Waals surface area (Å²) >= 11 is 0. The average Bonchev–Trinajstić information content (AvgIpc) is 4.21. The molecule has 7 aromatic rings. The zero-order valence-corrected chi connectivity index (χ0v) is 43.9. The van der Waals surface area contributed by atoms with E-state index in [-0.39, 0.29) is 18.8 Å². The predicted molar refractivity (Wildman–Crippen MR) is 281 cm³/mol. The van der Waals surface area contributed by atoms with Crippen molar-refractivity contribution in [1.82, 2.24) is 24.2 Å². The van der Waals surface area contributed by atoms with Crippen LogP contribution in [-0.2, 0) is 24.1 Å². The molecule has 0 saturated carbocycles. The van der Waals surface area contributed by atoms with Gasteiger partial charge in [0.25, 0.3) is 8.53 Å². The molecule has 0 spiro atoms. The van der Waals surface area contributed by atoms with Crippen molar-refractivity contribution in [1.29, 1.82) is 0 Å². The van der Waals surface area contributed by atoms with Crippen LogP contribution in [0.5, 0.6) is 17.4 Å². The number of ether oxygens (including phenoxy) is 5. The summed E-state index contributed by atoms with van der Waals surface area (Å²) in [6, 6.07) is 51.0. The van der Waals surface area contributed by atoms with E-state index in [1.807, 2.05) is 34.9 Å². The number of hydrogen-bond acceptors (Lipinski definition) is 11. The highest BCUT2D eigenvalue weighted by Crippen LogP contribution is 2.59. The summed E-state index contributed by atoms with van der Waals surface area (Å²) in [5.41, 5.74) is 3.03. The van der Waals surface area contributed by atoms with Gasteiger partial charge in [0.15, 0.2) is 11.2 Å². The molecule has 15 heteroatoms. The van der Waals surface area contributed by atoms with Gasteiger partial charge in [-0.3, -0.25) is 4.57 Å². The molecule has 1 unspecified atom stereocenters. The zero-order chi connectivity index (χ0) is 48.3. The minimum atomic E-state index is -2.24. The number of benzene rings is 5. The largest absolute Gasteiger partial charge is 0.497 e. The molecule has 5 heterocycles. The van der Waals surface area contributed by atoms with Crippen LogP contribution in [0.4, 0.5) is 0 Å². The highest BCUT2D eigenvalue weighted by atomic mass is 31.2. The third-order valence-electron chi connectivity index (χ3n) is 14.3. The smallest absolute Gasteiger partial charge is 0.259 e. The van der Waals surface area contributed by atoms with E-state index in [4.69, 9.17) is 42.7 Å². The minimum Gasteiger partial charge on any atom is -0.497 e. The second-order valence-corrected chi connectivity index (χ2v) is 31.3. The first-order chi connectivity index (χ1) is 34.1. The maximum Gasteiger partial charge on any atom is 0.259 e. The molecule has 0 amide bonds. The normalized spacial score (nSPS) is 21.8. The summed E-state index contributed by atoms with van der Waals surface area (Å²) in [6.07, 6.45) is 4.65. The van der Waals surface area contributed by atoms with E-state index >= 15 is 0 Å². The number of fused-ring (bicyclic) bond motifs is 2. The first-order valence-corrected chi connectivity index (χ1v) is 32.1. The predicted octanol–water partition coefficient (Wildman–Crippen LogP) is 10.2. The van der Waals surface area contributed by atoms with E-state index in [9.17, 15) is 0 Å². The fraction of sp³-hybridized carbons (Fsp3) is 0.364. The van der Waals surface area contributed by atoms with E-state index in [1.54, 1.807) is 26.9 Å². The molecule has 3 fully saturated rings. The van der Waals surface area contributed by atoms with Crippen LogP contribution in [0.2, 0.25) is 38.3 Å². The first-order valence-electron chi connectivity index (χ1n) is 24.5. The highest BCUT2D eigenvalue weighted by molar-refractivity contribution is 7.45. The minimum absolute atomic E-state index is 0.0167. The quantitative estimate of drug-likeness (QED) is 0.0439. The number of methoxy groups -OCH3 is 2. The Balaban J connectivity index is 0.998. The second kappa shape index (κ2) is 20.8. The Morgan fingerprint density at radius 3 is 1.91 bits per heavy atom. The van der Waals surface area contributed by atoms with Crippen molar-refractivity contribution in [3.63, 3.8) is 0 Å². The second-order valence-electron chi connectivity index (χ2n) is 20.0. The van der Waals surface area contributed by atoms with Crippen molar-refractivity contribution < 1.29 is 32.7 Å². The van der Waals surface area contributed by atoms with E-state index in [0.29, 0.717) is 30.1 Å². The van der Waals surface area contributed by atoms with Gasteiger partial charge >= 0.3 is 0 Å². The third kappa shape index (κ3) is 9.85. The fourth-order valence-electron chi connectivity index (χ4n) is 10.4. The molecule has 0 bridgehead atoms. The van der Waals surface area contributed by atoms with Crippen LogP contribution >= 0.6 is 8.53 Å². The molecular weight excluding hydrogens is 930 g/mol. The van der Waals surface area contributed by atoms with Crippen molar-refractivity contribution in [2.75, 3.05) is 34.0 Å². The maximum atomic E-state index is 7.53. The van der Waals surface area contributed by atoms with Crippen molar-refractivity contribution >= 4 is 46.2 Å². The monoisotopic (exact) mass is 993 g/mol. The molecule has 10 rings (SSSR count). The zero-order valence-electron chi connectivity index (χ0n) is 41.0. The first kappa shape index (κ1) is 48.3. The van der Waals surface area contributed by atoms with Crippen LogP contribution in [0.1, 0.15) is 42.2 Å². The van der Waals surface area contributed by atoms with Gasteiger partial charge < -0.3 is 32.7 Å². The van der Waals surface area contributed by atoms with Crippen LogP contribution in [0.25, 0.3) is 11.2 Å². The third-order valence-corrected chi connectivity index (χ3v) is 22.3. The number of aromatic nitrogens is 4. The van der Waals surface area contributed by atoms with Gasteiger partial charge in [0.2, 0.25) is 5.88 Å². The molecule has 0 aliphatic carbocycles. The molecule has 3 saturated heterocycles. The van der Waals surface area contributed by atoms with Crippen molar-refractivity contribution in [3.05, 3.63) is 169 Å². The lowest BCUT2D eigenvalue weighted by atomic mass is 9.80. The highest BCUT2D eigenvalue weighted by Gasteiger charge is 2.52. The molecular formula is C55H64N5O7PSi2. The molecule has 364 valence electrons. The Hall–Kier alpha value is -5.29. The lowest BCUT2D eigenvalue weighted by Crippen LogP contribution is -2.58. The Morgan fingerprint density at radius 2 is 1.31 bits per heavy atom. The Bertz CT molecular complexity index is 2720. The van der Waals surface area contributed by atoms with Gasteiger partial charge in [-0.05, 0) is 65.9 Å². The van der Waals surface area contributed by atoms with Crippen LogP contribution in [0.15, 0.2) is 152 Å². The summed E-state index contributed by atoms with van der Waals surface area (Å²) in [5.74, 6) is 1.99. The topological polar surface area (TPSA) is 111 Å². The summed E-state index contributed by atoms with van der Waals surface area (Å²) < 4.78 is 51.5. The van der Waals surface area contributed by atoms with Gasteiger partial charge in [0.05, 0.1) is 46.0 Å². The summed E-state index contributed by atoms with van der Waals surface area (Å²) in [4.78, 5) is 14.1. The van der Waals surface area contributed by atoms with Crippen LogP contribution in [0, 0.1) is 0 Å². The number of hydrogen-bond donors (Lipinski definition) is 0. The lowest BCUT2D eigenvalue weighted by molar-refractivity contribution is -0.0906. The van der Waals surface area contributed by atoms with E-state index in [1.165, 1.54) is 10.4 Å². The van der Waals surface area contributed by atoms with Crippen LogP contribution in [0.3, 0.4) is 0 Å². The fourth-order valence-corrected chi connectivity index (χ4v) is 17.1. The van der Waals surface area contributed by atoms with Crippen molar-refractivity contribution in [2.45, 2.75) is 93.7 Å². The summed E-state index contributed by atoms with van der Waals surface area (Å²) in [7, 11) is -1.66. The number of nitrogens with zero attached hydrogens (tertiary/aromatic N) is 5. The molecule has 3 aliphatic rings. The van der Waals surface area contributed by atoms with E-state index in [2.05, 4.69) is 145 Å². The van der Waals surface area contributed by atoms with Gasteiger partial charge in [-0.1, -0.05) is 152 Å². The van der Waals surface area contributed by atoms with E-state index < -0.39 is 48.7 Å². The van der Waals surface area contributed by atoms with Gasteiger partial charge in [-0.15, -0.1) is 0 Å². The Morgan fingerprint density at radius 1 is 0.714 bits per heavy atom. The maximum absolute atomic E-state index is 7.53. The van der Waals surface area contributed by atoms with Gasteiger partial charge in [0.1, 0.15) is 43.8 Å². The Labute approximate surface area is 415 Å². The summed E-state index contributed by atoms with van der Waals surface area (Å²) in [5, 5.41) is 2.82. The number of imidazole rings is 1. The Kier molecular flexibility index (Phi) is 14.4. The molecule has 12 nitrogen and oxygen atoms in total. The van der Waals surface area contributed by atoms with E-state index in [0.717, 1.165) is 59.7 Å². The molecule has 70 heavy (non-hydrogen) atoms. The molecule has 6 atom stereocenters. The molecule has 0 radical (unpaired) electrons. The molecule has 3 aliphatic heterocycles. The number of rotatable bonds is 19. The standard InChI is InChI=1S/C55H64N5O7PSi2/c1-61-43-28-24-41(25-29-43)55(40-17-10-7-11-18-40,42-26-30-44(62-2)31-27-42)64-36-49-48(35-51(65-49)59-39-58-52-53(59)56-38-57-54(52)63-33-34-69(3,4)5)66-68-60-32-16-23-47(60)50(67-68)37-70(6,45-19-12-8-13-20-45)46-21-14-9-15-22-46/h7-15,17-22,24-31,38-39,47-51H,16,23,32-37H2,1-6H3/t47-,48-,49+,50+,51+,68?/m0/s1.